The Morgan fingerprint density at radius 1 is 1.07 bits per heavy atom. The number of benzene rings is 2. The van der Waals surface area contributed by atoms with Crippen LogP contribution in [0.1, 0.15) is 38.1 Å². The van der Waals surface area contributed by atoms with Crippen molar-refractivity contribution in [3.05, 3.63) is 89.1 Å². The van der Waals surface area contributed by atoms with E-state index in [9.17, 15) is 14.0 Å². The van der Waals surface area contributed by atoms with Crippen molar-refractivity contribution in [2.75, 3.05) is 26.0 Å². The highest BCUT2D eigenvalue weighted by molar-refractivity contribution is 6.05. The van der Waals surface area contributed by atoms with Gasteiger partial charge in [-0.05, 0) is 63.0 Å². The lowest BCUT2D eigenvalue weighted by Gasteiger charge is -2.22. The Kier molecular flexibility index (Phi) is 6.64. The van der Waals surface area contributed by atoms with Gasteiger partial charge in [0.25, 0.3) is 11.8 Å². The molecule has 2 amide bonds. The number of rotatable bonds is 7. The van der Waals surface area contributed by atoms with Crippen LogP contribution in [0.25, 0.3) is 0 Å². The van der Waals surface area contributed by atoms with E-state index in [-0.39, 0.29) is 17.5 Å². The lowest BCUT2D eigenvalue weighted by molar-refractivity contribution is 0.0937. The van der Waals surface area contributed by atoms with Crippen molar-refractivity contribution in [2.24, 2.45) is 0 Å². The molecule has 0 fully saturated rings. The molecule has 2 aromatic carbocycles. The zero-order chi connectivity index (χ0) is 21.7. The maximum atomic E-state index is 13.9. The highest BCUT2D eigenvalue weighted by Gasteiger charge is 2.19. The largest absolute Gasteiger partial charge is 0.468 e. The average Bonchev–Trinajstić information content (AvgIpc) is 3.24. The summed E-state index contributed by atoms with van der Waals surface area (Å²) in [4.78, 5) is 27.1. The molecule has 3 rings (SSSR count). The highest BCUT2D eigenvalue weighted by atomic mass is 19.1. The average molecular weight is 409 g/mol. The summed E-state index contributed by atoms with van der Waals surface area (Å²) in [5.74, 6) is -0.703. The molecule has 0 saturated heterocycles. The van der Waals surface area contributed by atoms with Gasteiger partial charge < -0.3 is 15.1 Å². The van der Waals surface area contributed by atoms with Gasteiger partial charge in [-0.3, -0.25) is 14.5 Å². The quantitative estimate of drug-likeness (QED) is 0.618. The fourth-order valence-electron chi connectivity index (χ4n) is 3.04. The van der Waals surface area contributed by atoms with Crippen molar-refractivity contribution >= 4 is 17.5 Å². The molecule has 0 aliphatic carbocycles. The van der Waals surface area contributed by atoms with Crippen molar-refractivity contribution in [3.63, 3.8) is 0 Å². The number of carbonyl (C=O) groups is 2. The number of nitrogens with zero attached hydrogens (tertiary/aromatic N) is 1. The molecular weight excluding hydrogens is 385 g/mol. The van der Waals surface area contributed by atoms with Gasteiger partial charge in [-0.25, -0.2) is 4.39 Å². The summed E-state index contributed by atoms with van der Waals surface area (Å²) in [6.45, 7) is 2.15. The number of nitrogens with one attached hydrogen (secondary N) is 2. The minimum atomic E-state index is -0.603. The molecule has 1 aromatic heterocycles. The summed E-state index contributed by atoms with van der Waals surface area (Å²) in [5.41, 5.74) is 1.55. The lowest BCUT2D eigenvalue weighted by atomic mass is 10.1. The van der Waals surface area contributed by atoms with Gasteiger partial charge in [0, 0.05) is 17.8 Å². The maximum Gasteiger partial charge on any atom is 0.258 e. The van der Waals surface area contributed by atoms with E-state index in [0.717, 1.165) is 11.3 Å². The number of anilines is 1. The summed E-state index contributed by atoms with van der Waals surface area (Å²) in [5, 5.41) is 5.58. The van der Waals surface area contributed by atoms with E-state index in [0.29, 0.717) is 17.8 Å². The van der Waals surface area contributed by atoms with Crippen LogP contribution in [-0.2, 0) is 0 Å². The molecule has 2 N–H and O–H groups in total. The van der Waals surface area contributed by atoms with Gasteiger partial charge in [0.05, 0.1) is 17.9 Å². The molecule has 0 aliphatic heterocycles. The Morgan fingerprint density at radius 2 is 1.83 bits per heavy atom. The second-order valence-electron chi connectivity index (χ2n) is 7.17. The van der Waals surface area contributed by atoms with Crippen molar-refractivity contribution in [1.29, 1.82) is 0 Å². The number of halogens is 1. The number of hydrogen-bond donors (Lipinski definition) is 2. The smallest absolute Gasteiger partial charge is 0.258 e. The second kappa shape index (κ2) is 9.37. The number of aryl methyl sites for hydroxylation is 1. The predicted octanol–water partition coefficient (Wildman–Crippen LogP) is 4.01. The summed E-state index contributed by atoms with van der Waals surface area (Å²) >= 11 is 0. The third kappa shape index (κ3) is 4.93. The summed E-state index contributed by atoms with van der Waals surface area (Å²) in [6.07, 6.45) is 1.60. The van der Waals surface area contributed by atoms with Crippen molar-refractivity contribution in [1.82, 2.24) is 10.2 Å². The van der Waals surface area contributed by atoms with Gasteiger partial charge in [0.1, 0.15) is 11.6 Å². The first-order valence-electron chi connectivity index (χ1n) is 9.51. The van der Waals surface area contributed by atoms with Crippen LogP contribution >= 0.6 is 0 Å². The lowest BCUT2D eigenvalue weighted by Crippen LogP contribution is -2.34. The van der Waals surface area contributed by atoms with E-state index in [1.165, 1.54) is 18.2 Å². The van der Waals surface area contributed by atoms with Crippen LogP contribution in [0.5, 0.6) is 0 Å². The first-order valence-corrected chi connectivity index (χ1v) is 9.51. The first-order chi connectivity index (χ1) is 14.4. The van der Waals surface area contributed by atoms with Gasteiger partial charge in [0.15, 0.2) is 0 Å². The first kappa shape index (κ1) is 21.3. The molecule has 0 spiro atoms. The van der Waals surface area contributed by atoms with Crippen LogP contribution in [0.2, 0.25) is 0 Å². The van der Waals surface area contributed by atoms with Crippen LogP contribution < -0.4 is 10.6 Å². The van der Waals surface area contributed by atoms with Gasteiger partial charge in [-0.1, -0.05) is 18.2 Å². The van der Waals surface area contributed by atoms with E-state index in [1.54, 1.807) is 43.5 Å². The molecule has 30 heavy (non-hydrogen) atoms. The van der Waals surface area contributed by atoms with Crippen LogP contribution in [-0.4, -0.2) is 37.4 Å². The van der Waals surface area contributed by atoms with Crippen molar-refractivity contribution in [2.45, 2.75) is 13.0 Å². The van der Waals surface area contributed by atoms with Crippen LogP contribution in [0.3, 0.4) is 0 Å². The number of hydrogen-bond acceptors (Lipinski definition) is 4. The SMILES string of the molecule is Cc1ccc(C(=O)NCC(c2ccco2)N(C)C)cc1NC(=O)c1ccccc1F. The summed E-state index contributed by atoms with van der Waals surface area (Å²) in [7, 11) is 3.81. The van der Waals surface area contributed by atoms with Gasteiger partial charge >= 0.3 is 0 Å². The molecule has 6 nitrogen and oxygen atoms in total. The van der Waals surface area contributed by atoms with Crippen LogP contribution in [0.4, 0.5) is 10.1 Å². The topological polar surface area (TPSA) is 74.6 Å². The normalized spacial score (nSPS) is 11.9. The zero-order valence-corrected chi connectivity index (χ0v) is 17.1. The molecule has 1 atom stereocenters. The fraction of sp³-hybridized carbons (Fsp3) is 0.217. The molecule has 0 radical (unpaired) electrons. The van der Waals surface area contributed by atoms with Gasteiger partial charge in [-0.2, -0.15) is 0 Å². The van der Waals surface area contributed by atoms with Gasteiger partial charge in [-0.15, -0.1) is 0 Å². The number of amides is 2. The molecule has 1 unspecified atom stereocenters. The molecule has 1 heterocycles. The Bertz CT molecular complexity index is 1030. The van der Waals surface area contributed by atoms with E-state index >= 15 is 0 Å². The minimum Gasteiger partial charge on any atom is -0.468 e. The monoisotopic (exact) mass is 409 g/mol. The number of likely N-dealkylation sites (N-methyl/N-ethyl adjacent to an activating group) is 1. The molecule has 0 aliphatic rings. The second-order valence-corrected chi connectivity index (χ2v) is 7.17. The molecule has 156 valence electrons. The van der Waals surface area contributed by atoms with Gasteiger partial charge in [0.2, 0.25) is 0 Å². The fourth-order valence-corrected chi connectivity index (χ4v) is 3.04. The number of carbonyl (C=O) groups excluding carboxylic acids is 2. The van der Waals surface area contributed by atoms with E-state index in [1.807, 2.05) is 25.1 Å². The molecule has 7 heteroatoms. The third-order valence-electron chi connectivity index (χ3n) is 4.82. The molecule has 0 saturated carbocycles. The molecule has 3 aromatic rings. The van der Waals surface area contributed by atoms with E-state index in [4.69, 9.17) is 4.42 Å². The standard InChI is InChI=1S/C23H24FN3O3/c1-15-10-11-16(13-19(15)26-23(29)17-7-4-5-8-18(17)24)22(28)25-14-20(27(2)3)21-9-6-12-30-21/h4-13,20H,14H2,1-3H3,(H,25,28)(H,26,29). The zero-order valence-electron chi connectivity index (χ0n) is 17.1. The van der Waals surface area contributed by atoms with E-state index < -0.39 is 11.7 Å². The summed E-state index contributed by atoms with van der Waals surface area (Å²) in [6, 6.07) is 14.3. The predicted molar refractivity (Wildman–Crippen MR) is 113 cm³/mol. The molecular formula is C23H24FN3O3. The minimum absolute atomic E-state index is 0.0565. The Hall–Kier alpha value is -3.45. The third-order valence-corrected chi connectivity index (χ3v) is 4.82. The molecule has 0 bridgehead atoms. The Morgan fingerprint density at radius 3 is 2.50 bits per heavy atom. The van der Waals surface area contributed by atoms with Crippen LogP contribution in [0, 0.1) is 12.7 Å². The summed E-state index contributed by atoms with van der Waals surface area (Å²) < 4.78 is 19.3. The number of furan rings is 1. The maximum absolute atomic E-state index is 13.9. The Balaban J connectivity index is 1.72. The van der Waals surface area contributed by atoms with Crippen molar-refractivity contribution < 1.29 is 18.4 Å². The van der Waals surface area contributed by atoms with Crippen molar-refractivity contribution in [3.8, 4) is 0 Å². The highest BCUT2D eigenvalue weighted by Crippen LogP contribution is 2.20. The van der Waals surface area contributed by atoms with Crippen LogP contribution in [0.15, 0.2) is 65.3 Å². The van der Waals surface area contributed by atoms with E-state index in [2.05, 4.69) is 10.6 Å². The Labute approximate surface area is 174 Å².